The molecule has 1 aliphatic rings. The average Bonchev–Trinajstić information content (AvgIpc) is 3.09. The summed E-state index contributed by atoms with van der Waals surface area (Å²) in [5.74, 6) is 1.33. The number of fused-ring (bicyclic) bond motifs is 1. The van der Waals surface area contributed by atoms with Crippen LogP contribution in [0.2, 0.25) is 0 Å². The van der Waals surface area contributed by atoms with E-state index in [0.717, 1.165) is 49.2 Å². The normalized spacial score (nSPS) is 16.9. The predicted molar refractivity (Wildman–Crippen MR) is 116 cm³/mol. The third kappa shape index (κ3) is 5.17. The Balaban J connectivity index is 1.41. The maximum atomic E-state index is 11.7. The van der Waals surface area contributed by atoms with Gasteiger partial charge in [-0.15, -0.1) is 0 Å². The molecule has 1 saturated heterocycles. The van der Waals surface area contributed by atoms with Gasteiger partial charge in [0.15, 0.2) is 0 Å². The highest BCUT2D eigenvalue weighted by Gasteiger charge is 2.23. The lowest BCUT2D eigenvalue weighted by molar-refractivity contribution is 0.0953. The molecule has 3 aromatic rings. The van der Waals surface area contributed by atoms with E-state index >= 15 is 0 Å². The third-order valence-corrected chi connectivity index (χ3v) is 5.52. The van der Waals surface area contributed by atoms with Crippen LogP contribution in [0.15, 0.2) is 47.1 Å². The van der Waals surface area contributed by atoms with Crippen molar-refractivity contribution >= 4 is 17.1 Å². The second-order valence-corrected chi connectivity index (χ2v) is 7.84. The van der Waals surface area contributed by atoms with Gasteiger partial charge in [-0.25, -0.2) is 4.79 Å². The molecule has 7 heteroatoms. The number of furan rings is 1. The molecule has 1 atom stereocenters. The predicted octanol–water partition coefficient (Wildman–Crippen LogP) is 4.96. The van der Waals surface area contributed by atoms with Crippen LogP contribution in [0.3, 0.4) is 0 Å². The van der Waals surface area contributed by atoms with Gasteiger partial charge in [-0.1, -0.05) is 12.1 Å². The molecule has 0 bridgehead atoms. The molecular weight excluding hydrogens is 396 g/mol. The van der Waals surface area contributed by atoms with Gasteiger partial charge in [-0.2, -0.15) is 0 Å². The fourth-order valence-corrected chi connectivity index (χ4v) is 4.07. The molecule has 1 fully saturated rings. The number of likely N-dealkylation sites (tertiary alicyclic amines) is 1. The fraction of sp³-hybridized carbons (Fsp3) is 0.417. The summed E-state index contributed by atoms with van der Waals surface area (Å²) in [6, 6.07) is 9.74. The van der Waals surface area contributed by atoms with Crippen molar-refractivity contribution in [3.05, 3.63) is 53.9 Å². The lowest BCUT2D eigenvalue weighted by Crippen LogP contribution is -2.37. The van der Waals surface area contributed by atoms with Crippen LogP contribution in [-0.2, 0) is 11.3 Å². The minimum absolute atomic E-state index is 0.143. The summed E-state index contributed by atoms with van der Waals surface area (Å²) in [6.45, 7) is 7.44. The largest absolute Gasteiger partial charge is 0.516 e. The molecule has 31 heavy (non-hydrogen) atoms. The Kier molecular flexibility index (Phi) is 6.72. The molecule has 0 N–H and O–H groups in total. The topological polar surface area (TPSA) is 74.0 Å². The van der Waals surface area contributed by atoms with Gasteiger partial charge in [0.2, 0.25) is 0 Å². The molecule has 0 radical (unpaired) electrons. The highest BCUT2D eigenvalue weighted by atomic mass is 16.8. The molecule has 0 spiro atoms. The lowest BCUT2D eigenvalue weighted by atomic mass is 9.98. The van der Waals surface area contributed by atoms with Crippen molar-refractivity contribution in [2.45, 2.75) is 33.2 Å². The maximum Gasteiger partial charge on any atom is 0.516 e. The zero-order valence-electron chi connectivity index (χ0n) is 18.0. The summed E-state index contributed by atoms with van der Waals surface area (Å²) in [5.41, 5.74) is 2.58. The Hall–Kier alpha value is -3.06. The molecule has 3 heterocycles. The number of pyridine rings is 1. The van der Waals surface area contributed by atoms with Crippen LogP contribution in [0.25, 0.3) is 11.0 Å². The van der Waals surface area contributed by atoms with Crippen LogP contribution in [0.4, 0.5) is 4.79 Å². The lowest BCUT2D eigenvalue weighted by Gasteiger charge is -2.32. The number of hydrogen-bond acceptors (Lipinski definition) is 7. The van der Waals surface area contributed by atoms with Crippen LogP contribution in [0.5, 0.6) is 11.7 Å². The summed E-state index contributed by atoms with van der Waals surface area (Å²) in [7, 11) is 0. The Bertz CT molecular complexity index is 1020. The molecule has 1 aliphatic heterocycles. The van der Waals surface area contributed by atoms with E-state index in [1.165, 1.54) is 5.56 Å². The second kappa shape index (κ2) is 9.83. The molecule has 0 amide bonds. The minimum Gasteiger partial charge on any atom is -0.492 e. The van der Waals surface area contributed by atoms with Crippen molar-refractivity contribution in [3.8, 4) is 11.7 Å². The van der Waals surface area contributed by atoms with E-state index in [1.54, 1.807) is 13.1 Å². The number of carbonyl (C=O) groups is 1. The van der Waals surface area contributed by atoms with Crippen molar-refractivity contribution in [3.63, 3.8) is 0 Å². The molecule has 4 rings (SSSR count). The van der Waals surface area contributed by atoms with E-state index in [4.69, 9.17) is 18.6 Å². The quantitative estimate of drug-likeness (QED) is 0.496. The van der Waals surface area contributed by atoms with Gasteiger partial charge < -0.3 is 18.6 Å². The van der Waals surface area contributed by atoms with Crippen molar-refractivity contribution in [1.29, 1.82) is 0 Å². The van der Waals surface area contributed by atoms with Crippen LogP contribution < -0.4 is 9.47 Å². The van der Waals surface area contributed by atoms with Crippen LogP contribution >= 0.6 is 0 Å². The first kappa shape index (κ1) is 21.2. The minimum atomic E-state index is -0.775. The molecule has 1 unspecified atom stereocenters. The van der Waals surface area contributed by atoms with Crippen LogP contribution in [0.1, 0.15) is 30.9 Å². The van der Waals surface area contributed by atoms with E-state index in [2.05, 4.69) is 16.0 Å². The Morgan fingerprint density at radius 3 is 3.00 bits per heavy atom. The zero-order valence-corrected chi connectivity index (χ0v) is 18.0. The molecule has 0 aliphatic carbocycles. The Labute approximate surface area is 181 Å². The third-order valence-electron chi connectivity index (χ3n) is 5.52. The number of carbonyl (C=O) groups excluding carboxylic acids is 1. The van der Waals surface area contributed by atoms with E-state index in [-0.39, 0.29) is 12.6 Å². The van der Waals surface area contributed by atoms with Gasteiger partial charge in [-0.05, 0) is 57.0 Å². The summed E-state index contributed by atoms with van der Waals surface area (Å²) >= 11 is 0. The monoisotopic (exact) mass is 424 g/mol. The van der Waals surface area contributed by atoms with Gasteiger partial charge in [0.05, 0.1) is 18.6 Å². The molecule has 0 saturated carbocycles. The first-order valence-electron chi connectivity index (χ1n) is 10.7. The van der Waals surface area contributed by atoms with Crippen molar-refractivity contribution in [2.24, 2.45) is 5.92 Å². The van der Waals surface area contributed by atoms with Crippen molar-refractivity contribution in [1.82, 2.24) is 9.88 Å². The summed E-state index contributed by atoms with van der Waals surface area (Å²) in [5, 5.41) is 0.824. The number of piperidine rings is 1. The standard InChI is InChI=1S/C24H28N2O5/c1-3-28-24(27)31-23-17(2)22-20(9-4-10-21(22)30-23)29-16-19-8-6-12-26(15-19)14-18-7-5-11-25-13-18/h4-5,7,9-11,13,19H,3,6,8,12,14-16H2,1-2H3. The average molecular weight is 424 g/mol. The van der Waals surface area contributed by atoms with Gasteiger partial charge in [0.25, 0.3) is 5.95 Å². The number of rotatable bonds is 7. The maximum absolute atomic E-state index is 11.7. The first-order chi connectivity index (χ1) is 15.1. The zero-order chi connectivity index (χ0) is 21.6. The number of benzene rings is 1. The van der Waals surface area contributed by atoms with Crippen molar-refractivity contribution in [2.75, 3.05) is 26.3 Å². The molecule has 164 valence electrons. The van der Waals surface area contributed by atoms with E-state index < -0.39 is 6.16 Å². The summed E-state index contributed by atoms with van der Waals surface area (Å²) in [6.07, 6.45) is 5.25. The Morgan fingerprint density at radius 1 is 1.29 bits per heavy atom. The molecular formula is C24H28N2O5. The second-order valence-electron chi connectivity index (χ2n) is 7.84. The number of nitrogens with zero attached hydrogens (tertiary/aromatic N) is 2. The van der Waals surface area contributed by atoms with E-state index in [9.17, 15) is 4.79 Å². The SMILES string of the molecule is CCOC(=O)Oc1oc2cccc(OCC3CCCN(Cc4cccnc4)C3)c2c1C. The number of aryl methyl sites for hydroxylation is 1. The van der Waals surface area contributed by atoms with Crippen LogP contribution in [0, 0.1) is 12.8 Å². The summed E-state index contributed by atoms with van der Waals surface area (Å²) in [4.78, 5) is 18.4. The van der Waals surface area contributed by atoms with E-state index in [0.29, 0.717) is 18.1 Å². The molecule has 1 aromatic carbocycles. The number of hydrogen-bond donors (Lipinski definition) is 0. The van der Waals surface area contributed by atoms with Gasteiger partial charge in [0, 0.05) is 37.0 Å². The Morgan fingerprint density at radius 2 is 2.19 bits per heavy atom. The first-order valence-corrected chi connectivity index (χ1v) is 10.7. The highest BCUT2D eigenvalue weighted by Crippen LogP contribution is 2.37. The van der Waals surface area contributed by atoms with Crippen molar-refractivity contribution < 1.29 is 23.4 Å². The molecule has 7 nitrogen and oxygen atoms in total. The number of aromatic nitrogens is 1. The summed E-state index contributed by atoms with van der Waals surface area (Å²) < 4.78 is 22.0. The van der Waals surface area contributed by atoms with Gasteiger partial charge >= 0.3 is 6.16 Å². The van der Waals surface area contributed by atoms with E-state index in [1.807, 2.05) is 37.4 Å². The highest BCUT2D eigenvalue weighted by molar-refractivity contribution is 5.89. The number of ether oxygens (including phenoxy) is 3. The molecule has 2 aromatic heterocycles. The van der Waals surface area contributed by atoms with Crippen LogP contribution in [-0.4, -0.2) is 42.3 Å². The van der Waals surface area contributed by atoms with Gasteiger partial charge in [-0.3, -0.25) is 9.88 Å². The fourth-order valence-electron chi connectivity index (χ4n) is 4.07. The smallest absolute Gasteiger partial charge is 0.492 e. The van der Waals surface area contributed by atoms with Gasteiger partial charge in [0.1, 0.15) is 11.3 Å².